The molecule has 0 unspecified atom stereocenters. The van der Waals surface area contributed by atoms with Crippen molar-refractivity contribution in [3.63, 3.8) is 0 Å². The fourth-order valence-electron chi connectivity index (χ4n) is 5.47. The molecule has 3 aliphatic heterocycles. The van der Waals surface area contributed by atoms with Crippen LogP contribution in [0.1, 0.15) is 129 Å². The van der Waals surface area contributed by atoms with Crippen molar-refractivity contribution >= 4 is 0 Å². The summed E-state index contributed by atoms with van der Waals surface area (Å²) in [7, 11) is 0. The third-order valence-electron chi connectivity index (χ3n) is 7.52. The summed E-state index contributed by atoms with van der Waals surface area (Å²) in [6.07, 6.45) is 28.4. The number of unbranched alkanes of at least 4 members (excludes halogenated alkanes) is 15. The van der Waals surface area contributed by atoms with E-state index < -0.39 is 0 Å². The van der Waals surface area contributed by atoms with Crippen molar-refractivity contribution in [1.29, 1.82) is 0 Å². The van der Waals surface area contributed by atoms with E-state index in [0.717, 1.165) is 5.92 Å². The van der Waals surface area contributed by atoms with Crippen LogP contribution in [0.5, 0.6) is 0 Å². The summed E-state index contributed by atoms with van der Waals surface area (Å²) >= 11 is 0. The predicted molar refractivity (Wildman–Crippen MR) is 117 cm³/mol. The van der Waals surface area contributed by atoms with Gasteiger partial charge in [-0.3, -0.25) is 0 Å². The van der Waals surface area contributed by atoms with Gasteiger partial charge in [0.05, 0.1) is 26.2 Å². The summed E-state index contributed by atoms with van der Waals surface area (Å²) < 4.78 is 1.51. The second-order valence-electron chi connectivity index (χ2n) is 9.77. The van der Waals surface area contributed by atoms with Crippen LogP contribution in [0.25, 0.3) is 0 Å². The van der Waals surface area contributed by atoms with E-state index in [1.54, 1.807) is 19.3 Å². The van der Waals surface area contributed by atoms with Crippen LogP contribution >= 0.6 is 0 Å². The quantitative estimate of drug-likeness (QED) is 0.222. The topological polar surface area (TPSA) is 0 Å². The zero-order valence-electron chi connectivity index (χ0n) is 18.7. The third-order valence-corrected chi connectivity index (χ3v) is 7.52. The second kappa shape index (κ2) is 16.3. The maximum Gasteiger partial charge on any atom is 0.0789 e. The van der Waals surface area contributed by atoms with Gasteiger partial charge in [-0.05, 0) is 38.0 Å². The molecule has 3 rings (SSSR count). The van der Waals surface area contributed by atoms with Crippen molar-refractivity contribution in [3.8, 4) is 0 Å². The molecule has 3 aliphatic rings. The monoisotopic (exact) mass is 443 g/mol. The van der Waals surface area contributed by atoms with E-state index in [1.807, 2.05) is 0 Å². The minimum absolute atomic E-state index is 0. The first-order valence-electron chi connectivity index (χ1n) is 12.7. The fraction of sp³-hybridized carbons (Fsp3) is 1.00. The van der Waals surface area contributed by atoms with Gasteiger partial charge in [-0.25, -0.2) is 0 Å². The van der Waals surface area contributed by atoms with Crippen LogP contribution < -0.4 is 17.0 Å². The molecule has 3 saturated heterocycles. The maximum absolute atomic E-state index is 2.31. The Hall–Kier alpha value is 0.440. The van der Waals surface area contributed by atoms with E-state index in [-0.39, 0.29) is 17.0 Å². The van der Waals surface area contributed by atoms with E-state index >= 15 is 0 Å². The SMILES string of the molecule is CCCCCCCCCCCCCCCCCC[N+]12CCC(CC1)CC2.[Br-]. The molecule has 0 saturated carbocycles. The minimum Gasteiger partial charge on any atom is -1.00 e. The summed E-state index contributed by atoms with van der Waals surface area (Å²) in [5, 5.41) is 0. The van der Waals surface area contributed by atoms with Crippen LogP contribution in [0.2, 0.25) is 0 Å². The number of nitrogens with zero attached hydrogens (tertiary/aromatic N) is 1. The van der Waals surface area contributed by atoms with Crippen LogP contribution in [0.3, 0.4) is 0 Å². The van der Waals surface area contributed by atoms with E-state index in [0.29, 0.717) is 0 Å². The lowest BCUT2D eigenvalue weighted by atomic mass is 9.85. The van der Waals surface area contributed by atoms with Crippen molar-refractivity contribution in [1.82, 2.24) is 0 Å². The summed E-state index contributed by atoms with van der Waals surface area (Å²) in [6, 6.07) is 0. The Bertz CT molecular complexity index is 309. The molecule has 0 aliphatic carbocycles. The van der Waals surface area contributed by atoms with Gasteiger partial charge in [0, 0.05) is 0 Å². The largest absolute Gasteiger partial charge is 1.00 e. The van der Waals surface area contributed by atoms with Crippen molar-refractivity contribution in [2.75, 3.05) is 26.2 Å². The van der Waals surface area contributed by atoms with E-state index in [2.05, 4.69) is 6.92 Å². The van der Waals surface area contributed by atoms with Gasteiger partial charge in [0.2, 0.25) is 0 Å². The summed E-state index contributed by atoms with van der Waals surface area (Å²) in [5.41, 5.74) is 0. The molecule has 1 nitrogen and oxygen atoms in total. The highest BCUT2D eigenvalue weighted by atomic mass is 79.9. The first kappa shape index (κ1) is 25.5. The summed E-state index contributed by atoms with van der Waals surface area (Å²) in [5.74, 6) is 1.11. The Labute approximate surface area is 182 Å². The number of piperidine rings is 3. The van der Waals surface area contributed by atoms with Crippen LogP contribution in [0.4, 0.5) is 0 Å². The standard InChI is InChI=1S/C25H50N.BrH/c1-2-3-4-5-6-7-8-9-10-11-12-13-14-15-16-17-21-26-22-18-25(19-23-26)20-24-26;/h25H,2-24H2,1H3;1H/q+1;/p-1. The first-order valence-corrected chi connectivity index (χ1v) is 12.7. The van der Waals surface area contributed by atoms with Crippen molar-refractivity contribution in [3.05, 3.63) is 0 Å². The van der Waals surface area contributed by atoms with Crippen molar-refractivity contribution in [2.45, 2.75) is 129 Å². The third kappa shape index (κ3) is 11.3. The molecule has 2 heteroatoms. The normalized spacial score (nSPS) is 24.1. The van der Waals surface area contributed by atoms with Crippen molar-refractivity contribution < 1.29 is 21.5 Å². The summed E-state index contributed by atoms with van der Waals surface area (Å²) in [6.45, 7) is 8.36. The van der Waals surface area contributed by atoms with Gasteiger partial charge in [0.25, 0.3) is 0 Å². The second-order valence-corrected chi connectivity index (χ2v) is 9.77. The fourth-order valence-corrected chi connectivity index (χ4v) is 5.47. The van der Waals surface area contributed by atoms with Crippen LogP contribution in [0, 0.1) is 5.92 Å². The van der Waals surface area contributed by atoms with Gasteiger partial charge >= 0.3 is 0 Å². The molecule has 3 heterocycles. The number of hydrogen-bond donors (Lipinski definition) is 0. The van der Waals surface area contributed by atoms with Crippen LogP contribution in [-0.2, 0) is 0 Å². The Morgan fingerprint density at radius 2 is 0.852 bits per heavy atom. The predicted octanol–water partition coefficient (Wildman–Crippen LogP) is 4.88. The molecule has 0 spiro atoms. The Kier molecular flexibility index (Phi) is 15.3. The smallest absolute Gasteiger partial charge is 0.0789 e. The lowest BCUT2D eigenvalue weighted by Gasteiger charge is -2.49. The Balaban J connectivity index is 0.00000364. The highest BCUT2D eigenvalue weighted by molar-refractivity contribution is 4.71. The number of quaternary nitrogens is 1. The number of hydrogen-bond acceptors (Lipinski definition) is 0. The molecular weight excluding hydrogens is 394 g/mol. The minimum atomic E-state index is 0. The molecule has 0 radical (unpaired) electrons. The molecule has 0 aromatic carbocycles. The zero-order valence-corrected chi connectivity index (χ0v) is 20.3. The van der Waals surface area contributed by atoms with E-state index in [9.17, 15) is 0 Å². The molecule has 0 amide bonds. The molecule has 3 fully saturated rings. The van der Waals surface area contributed by atoms with Crippen molar-refractivity contribution in [2.24, 2.45) is 5.92 Å². The van der Waals surface area contributed by atoms with E-state index in [4.69, 9.17) is 0 Å². The lowest BCUT2D eigenvalue weighted by molar-refractivity contribution is -0.942. The highest BCUT2D eigenvalue weighted by Gasteiger charge is 2.38. The molecule has 2 bridgehead atoms. The average Bonchev–Trinajstić information content (AvgIpc) is 2.69. The number of halogens is 1. The van der Waals surface area contributed by atoms with Gasteiger partial charge in [0.1, 0.15) is 0 Å². The zero-order chi connectivity index (χ0) is 18.3. The van der Waals surface area contributed by atoms with Crippen LogP contribution in [0.15, 0.2) is 0 Å². The highest BCUT2D eigenvalue weighted by Crippen LogP contribution is 2.33. The molecule has 0 N–H and O–H groups in total. The summed E-state index contributed by atoms with van der Waals surface area (Å²) in [4.78, 5) is 0. The Morgan fingerprint density at radius 3 is 1.22 bits per heavy atom. The molecule has 27 heavy (non-hydrogen) atoms. The molecule has 162 valence electrons. The van der Waals surface area contributed by atoms with Gasteiger partial charge in [-0.2, -0.15) is 0 Å². The molecular formula is C25H50BrN. The van der Waals surface area contributed by atoms with Gasteiger partial charge < -0.3 is 21.5 Å². The average molecular weight is 445 g/mol. The maximum atomic E-state index is 2.31. The number of fused-ring (bicyclic) bond motifs is 3. The van der Waals surface area contributed by atoms with Gasteiger partial charge in [-0.15, -0.1) is 0 Å². The number of rotatable bonds is 17. The lowest BCUT2D eigenvalue weighted by Crippen LogP contribution is -3.00. The molecule has 0 aromatic heterocycles. The molecule has 0 aromatic rings. The van der Waals surface area contributed by atoms with Gasteiger partial charge in [-0.1, -0.05) is 96.8 Å². The molecule has 0 atom stereocenters. The Morgan fingerprint density at radius 1 is 0.519 bits per heavy atom. The van der Waals surface area contributed by atoms with Crippen LogP contribution in [-0.4, -0.2) is 30.7 Å². The van der Waals surface area contributed by atoms with Gasteiger partial charge in [0.15, 0.2) is 0 Å². The van der Waals surface area contributed by atoms with E-state index in [1.165, 1.54) is 133 Å². The first-order chi connectivity index (χ1) is 12.8.